The number of rotatable bonds is 2. The van der Waals surface area contributed by atoms with Crippen molar-refractivity contribution in [2.45, 2.75) is 55.9 Å². The molecule has 3 aromatic rings. The minimum absolute atomic E-state index is 0.0434. The van der Waals surface area contributed by atoms with Gasteiger partial charge in [-0.3, -0.25) is 18.7 Å². The van der Waals surface area contributed by atoms with Gasteiger partial charge in [-0.2, -0.15) is 4.31 Å². The number of carbonyl (C=O) groups is 1. The largest absolute Gasteiger partial charge is 0.492 e. The summed E-state index contributed by atoms with van der Waals surface area (Å²) in [6.07, 6.45) is 5.44. The van der Waals surface area contributed by atoms with Crippen molar-refractivity contribution in [2.24, 2.45) is 14.1 Å². The number of fused-ring (bicyclic) bond motifs is 4. The first-order valence-corrected chi connectivity index (χ1v) is 15.3. The molecule has 2 aliphatic rings. The molecule has 1 saturated heterocycles. The molecule has 1 fully saturated rings. The Hall–Kier alpha value is -3.44. The van der Waals surface area contributed by atoms with Gasteiger partial charge in [0.25, 0.3) is 5.56 Å². The number of ether oxygens (including phenoxy) is 1. The first-order chi connectivity index (χ1) is 19.2. The van der Waals surface area contributed by atoms with Crippen molar-refractivity contribution in [2.75, 3.05) is 26.2 Å². The summed E-state index contributed by atoms with van der Waals surface area (Å²) in [4.78, 5) is 40.3. The maximum absolute atomic E-state index is 13.9. The molecule has 214 valence electrons. The van der Waals surface area contributed by atoms with E-state index in [0.717, 1.165) is 48.8 Å². The number of aryl methyl sites for hydroxylation is 2. The van der Waals surface area contributed by atoms with Gasteiger partial charge in [0, 0.05) is 46.2 Å². The molecule has 0 spiro atoms. The zero-order valence-corrected chi connectivity index (χ0v) is 23.9. The van der Waals surface area contributed by atoms with Crippen LogP contribution in [0.5, 0.6) is 5.75 Å². The van der Waals surface area contributed by atoms with Crippen LogP contribution in [0.15, 0.2) is 56.9 Å². The Balaban J connectivity index is 1.46. The first kappa shape index (κ1) is 28.1. The van der Waals surface area contributed by atoms with Crippen LogP contribution in [0, 0.1) is 0 Å². The second-order valence-electron chi connectivity index (χ2n) is 10.7. The van der Waals surface area contributed by atoms with Gasteiger partial charge in [0.15, 0.2) is 0 Å². The molecule has 1 atom stereocenters. The molecule has 0 aliphatic carbocycles. The Bertz CT molecular complexity index is 1640. The maximum Gasteiger partial charge on any atom is 0.330 e. The predicted octanol–water partition coefficient (Wildman–Crippen LogP) is 2.41. The van der Waals surface area contributed by atoms with Crippen LogP contribution in [0.1, 0.15) is 44.1 Å². The Kier molecular flexibility index (Phi) is 8.14. The summed E-state index contributed by atoms with van der Waals surface area (Å²) >= 11 is 0. The molecule has 11 heteroatoms. The molecule has 1 amide bonds. The topological polar surface area (TPSA) is 111 Å². The average molecular weight is 569 g/mol. The Labute approximate surface area is 233 Å². The van der Waals surface area contributed by atoms with Crippen molar-refractivity contribution in [3.05, 3.63) is 68.9 Å². The number of aromatic nitrogens is 2. The minimum atomic E-state index is -4.04. The number of amides is 1. The number of hydrogen-bond donors (Lipinski definition) is 0. The fraction of sp³-hybridized carbons (Fsp3) is 0.483. The van der Waals surface area contributed by atoms with Crippen molar-refractivity contribution >= 4 is 26.8 Å². The van der Waals surface area contributed by atoms with Gasteiger partial charge in [0.2, 0.25) is 15.9 Å². The van der Waals surface area contributed by atoms with E-state index < -0.39 is 21.3 Å². The van der Waals surface area contributed by atoms with Crippen LogP contribution in [-0.2, 0) is 35.3 Å². The second-order valence-corrected chi connectivity index (χ2v) is 12.6. The van der Waals surface area contributed by atoms with Gasteiger partial charge in [-0.05, 0) is 74.4 Å². The van der Waals surface area contributed by atoms with E-state index in [4.69, 9.17) is 4.74 Å². The third kappa shape index (κ3) is 5.57. The summed E-state index contributed by atoms with van der Waals surface area (Å²) in [6, 6.07) is 12.3. The van der Waals surface area contributed by atoms with Crippen molar-refractivity contribution in [1.29, 1.82) is 0 Å². The van der Waals surface area contributed by atoms with Crippen LogP contribution >= 0.6 is 0 Å². The van der Waals surface area contributed by atoms with Crippen LogP contribution in [-0.4, -0.2) is 64.9 Å². The molecule has 2 aromatic carbocycles. The molecular weight excluding hydrogens is 532 g/mol. The third-order valence-electron chi connectivity index (χ3n) is 8.10. The molecule has 40 heavy (non-hydrogen) atoms. The van der Waals surface area contributed by atoms with Gasteiger partial charge in [-0.1, -0.05) is 12.1 Å². The van der Waals surface area contributed by atoms with E-state index >= 15 is 0 Å². The number of piperidine rings is 1. The van der Waals surface area contributed by atoms with Crippen LogP contribution < -0.4 is 16.0 Å². The lowest BCUT2D eigenvalue weighted by Crippen LogP contribution is -2.44. The zero-order valence-electron chi connectivity index (χ0n) is 23.0. The molecule has 1 aromatic heterocycles. The molecular formula is C29H36N4O6S. The predicted molar refractivity (Wildman–Crippen MR) is 152 cm³/mol. The summed E-state index contributed by atoms with van der Waals surface area (Å²) in [6.45, 7) is 1.09. The Morgan fingerprint density at radius 1 is 0.850 bits per heavy atom. The molecule has 0 N–H and O–H groups in total. The van der Waals surface area contributed by atoms with E-state index in [2.05, 4.69) is 6.07 Å². The third-order valence-corrected chi connectivity index (χ3v) is 9.99. The smallest absolute Gasteiger partial charge is 0.330 e. The molecule has 0 saturated carbocycles. The summed E-state index contributed by atoms with van der Waals surface area (Å²) in [7, 11) is -1.13. The number of carbonyl (C=O) groups excluding carboxylic acids is 1. The summed E-state index contributed by atoms with van der Waals surface area (Å²) in [5.41, 5.74) is 0.439. The van der Waals surface area contributed by atoms with Crippen LogP contribution in [0.25, 0.3) is 10.9 Å². The van der Waals surface area contributed by atoms with Crippen LogP contribution in [0.3, 0.4) is 0 Å². The van der Waals surface area contributed by atoms with E-state index in [0.29, 0.717) is 17.7 Å². The molecule has 1 unspecified atom stereocenters. The van der Waals surface area contributed by atoms with E-state index in [-0.39, 0.29) is 48.3 Å². The van der Waals surface area contributed by atoms with Crippen molar-refractivity contribution in [1.82, 2.24) is 18.3 Å². The van der Waals surface area contributed by atoms with E-state index in [1.54, 1.807) is 0 Å². The number of nitrogens with zero attached hydrogens (tertiary/aromatic N) is 4. The Morgan fingerprint density at radius 3 is 2.50 bits per heavy atom. The summed E-state index contributed by atoms with van der Waals surface area (Å²) in [5, 5.41) is 0.142. The number of hydrogen-bond acceptors (Lipinski definition) is 6. The molecule has 10 nitrogen and oxygen atoms in total. The van der Waals surface area contributed by atoms with E-state index in [9.17, 15) is 22.8 Å². The fourth-order valence-electron chi connectivity index (χ4n) is 5.80. The molecule has 5 rings (SSSR count). The highest BCUT2D eigenvalue weighted by atomic mass is 32.2. The van der Waals surface area contributed by atoms with Gasteiger partial charge in [-0.25, -0.2) is 13.2 Å². The average Bonchev–Trinajstić information content (AvgIpc) is 2.96. The zero-order chi connectivity index (χ0) is 28.4. The maximum atomic E-state index is 13.9. The Morgan fingerprint density at radius 2 is 1.68 bits per heavy atom. The van der Waals surface area contributed by atoms with Crippen molar-refractivity contribution in [3.63, 3.8) is 0 Å². The standard InChI is InChI=1S/C29H36N4O6S/c1-30-26-14-13-24(20-25(26)28(35)31(2)29(30)36)40(37,38)32-15-6-10-27(34)33-16-4-3-8-22(33)12-11-21-7-5-9-23(19-21)39-18-17-32/h5,7,9,13-14,19-20,22H,3-4,6,8,10-12,15-18H2,1-2H3. The quantitative estimate of drug-likeness (QED) is 0.470. The summed E-state index contributed by atoms with van der Waals surface area (Å²) in [5.74, 6) is 0.744. The molecule has 2 bridgehead atoms. The number of sulfonamides is 1. The van der Waals surface area contributed by atoms with E-state index in [1.807, 2.05) is 23.1 Å². The van der Waals surface area contributed by atoms with Crippen molar-refractivity contribution in [3.8, 4) is 5.75 Å². The van der Waals surface area contributed by atoms with Gasteiger partial charge >= 0.3 is 5.69 Å². The van der Waals surface area contributed by atoms with Gasteiger partial charge in [0.05, 0.1) is 15.8 Å². The first-order valence-electron chi connectivity index (χ1n) is 13.9. The van der Waals surface area contributed by atoms with Crippen molar-refractivity contribution < 1.29 is 17.9 Å². The minimum Gasteiger partial charge on any atom is -0.492 e. The van der Waals surface area contributed by atoms with Crippen LogP contribution in [0.4, 0.5) is 0 Å². The highest BCUT2D eigenvalue weighted by Gasteiger charge is 2.29. The van der Waals surface area contributed by atoms with E-state index in [1.165, 1.54) is 41.2 Å². The lowest BCUT2D eigenvalue weighted by molar-refractivity contribution is -0.135. The second kappa shape index (κ2) is 11.6. The van der Waals surface area contributed by atoms with Gasteiger partial charge < -0.3 is 9.64 Å². The lowest BCUT2D eigenvalue weighted by atomic mass is 9.95. The fourth-order valence-corrected chi connectivity index (χ4v) is 7.29. The molecule has 3 heterocycles. The van der Waals surface area contributed by atoms with Crippen LogP contribution in [0.2, 0.25) is 0 Å². The molecule has 2 aliphatic heterocycles. The highest BCUT2D eigenvalue weighted by molar-refractivity contribution is 7.89. The normalized spacial score (nSPS) is 19.9. The summed E-state index contributed by atoms with van der Waals surface area (Å²) < 4.78 is 37.3. The van der Waals surface area contributed by atoms with Gasteiger partial charge in [-0.15, -0.1) is 0 Å². The monoisotopic (exact) mass is 568 g/mol. The van der Waals surface area contributed by atoms with Gasteiger partial charge in [0.1, 0.15) is 12.4 Å². The number of benzene rings is 2. The SMILES string of the molecule is Cn1c(=O)c2cc(S(=O)(=O)N3CCCC(=O)N4CCCCC4CCc4cccc(c4)OCC3)ccc2n(C)c1=O. The lowest BCUT2D eigenvalue weighted by Gasteiger charge is -2.36. The highest BCUT2D eigenvalue weighted by Crippen LogP contribution is 2.25. The molecule has 0 radical (unpaired) electrons.